The lowest BCUT2D eigenvalue weighted by Gasteiger charge is -2.29. The summed E-state index contributed by atoms with van der Waals surface area (Å²) < 4.78 is 6.84. The molecule has 1 N–H and O–H groups in total. The van der Waals surface area contributed by atoms with Gasteiger partial charge in [0.15, 0.2) is 6.61 Å². The van der Waals surface area contributed by atoms with Crippen molar-refractivity contribution in [1.82, 2.24) is 10.2 Å². The maximum atomic E-state index is 13.2. The lowest BCUT2D eigenvalue weighted by atomic mass is 10.1. The van der Waals surface area contributed by atoms with E-state index in [0.717, 1.165) is 20.8 Å². The molecule has 168 valence electrons. The normalized spacial score (nSPS) is 11.9. The summed E-state index contributed by atoms with van der Waals surface area (Å²) >= 11 is 3.47. The van der Waals surface area contributed by atoms with E-state index in [2.05, 4.69) is 21.2 Å². The van der Waals surface area contributed by atoms with Crippen LogP contribution in [0.3, 0.4) is 0 Å². The summed E-state index contributed by atoms with van der Waals surface area (Å²) in [5.74, 6) is 0.558. The third-order valence-electron chi connectivity index (χ3n) is 5.19. The molecule has 3 rings (SSSR count). The van der Waals surface area contributed by atoms with Gasteiger partial charge in [0.1, 0.15) is 11.8 Å². The number of ether oxygens (including phenoxy) is 1. The Labute approximate surface area is 197 Å². The van der Waals surface area contributed by atoms with Crippen molar-refractivity contribution < 1.29 is 14.3 Å². The average Bonchev–Trinajstić information content (AvgIpc) is 2.79. The van der Waals surface area contributed by atoms with E-state index in [0.29, 0.717) is 24.8 Å². The topological polar surface area (TPSA) is 58.6 Å². The Morgan fingerprint density at radius 1 is 1.00 bits per heavy atom. The van der Waals surface area contributed by atoms with Gasteiger partial charge in [-0.05, 0) is 42.0 Å². The smallest absolute Gasteiger partial charge is 0.261 e. The lowest BCUT2D eigenvalue weighted by molar-refractivity contribution is -0.142. The summed E-state index contributed by atoms with van der Waals surface area (Å²) in [5.41, 5.74) is 0.932. The van der Waals surface area contributed by atoms with Gasteiger partial charge in [0.25, 0.3) is 5.91 Å². The van der Waals surface area contributed by atoms with Crippen LogP contribution in [0.5, 0.6) is 5.75 Å². The first-order chi connectivity index (χ1) is 15.3. The van der Waals surface area contributed by atoms with Gasteiger partial charge in [-0.3, -0.25) is 9.59 Å². The van der Waals surface area contributed by atoms with Gasteiger partial charge in [0.05, 0.1) is 0 Å². The highest BCUT2D eigenvalue weighted by atomic mass is 79.9. The molecule has 1 atom stereocenters. The van der Waals surface area contributed by atoms with Gasteiger partial charge in [-0.25, -0.2) is 0 Å². The van der Waals surface area contributed by atoms with Crippen LogP contribution in [-0.4, -0.2) is 35.9 Å². The first-order valence-electron chi connectivity index (χ1n) is 10.8. The van der Waals surface area contributed by atoms with Crippen molar-refractivity contribution in [3.63, 3.8) is 0 Å². The fraction of sp³-hybridized carbons (Fsp3) is 0.308. The third kappa shape index (κ3) is 6.33. The van der Waals surface area contributed by atoms with E-state index in [4.69, 9.17) is 4.74 Å². The van der Waals surface area contributed by atoms with E-state index in [1.165, 1.54) is 0 Å². The number of nitrogens with zero attached hydrogens (tertiary/aromatic N) is 1. The highest BCUT2D eigenvalue weighted by molar-refractivity contribution is 9.10. The van der Waals surface area contributed by atoms with Crippen molar-refractivity contribution in [3.8, 4) is 5.75 Å². The van der Waals surface area contributed by atoms with E-state index in [1.54, 1.807) is 11.8 Å². The Hall–Kier alpha value is -2.86. The summed E-state index contributed by atoms with van der Waals surface area (Å²) in [6, 6.07) is 20.8. The fourth-order valence-corrected chi connectivity index (χ4v) is 3.86. The first kappa shape index (κ1) is 23.8. The van der Waals surface area contributed by atoms with E-state index < -0.39 is 6.04 Å². The molecule has 32 heavy (non-hydrogen) atoms. The number of halogens is 1. The van der Waals surface area contributed by atoms with Crippen LogP contribution in [0.25, 0.3) is 10.8 Å². The summed E-state index contributed by atoms with van der Waals surface area (Å²) in [7, 11) is 0. The van der Waals surface area contributed by atoms with Crippen LogP contribution in [0, 0.1) is 5.92 Å². The molecule has 0 heterocycles. The maximum absolute atomic E-state index is 13.2. The van der Waals surface area contributed by atoms with Crippen LogP contribution in [0.1, 0.15) is 26.3 Å². The van der Waals surface area contributed by atoms with Crippen molar-refractivity contribution in [1.29, 1.82) is 0 Å². The molecule has 0 unspecified atom stereocenters. The van der Waals surface area contributed by atoms with Crippen LogP contribution in [-0.2, 0) is 16.1 Å². The number of amides is 2. The minimum atomic E-state index is -0.628. The predicted octanol–water partition coefficient (Wildman–Crippen LogP) is 5.17. The van der Waals surface area contributed by atoms with Crippen molar-refractivity contribution >= 4 is 38.5 Å². The van der Waals surface area contributed by atoms with Crippen molar-refractivity contribution in [2.45, 2.75) is 33.4 Å². The van der Waals surface area contributed by atoms with Gasteiger partial charge in [-0.15, -0.1) is 0 Å². The van der Waals surface area contributed by atoms with E-state index >= 15 is 0 Å². The molecule has 2 amide bonds. The van der Waals surface area contributed by atoms with Crippen LogP contribution < -0.4 is 10.1 Å². The second-order valence-electron chi connectivity index (χ2n) is 8.23. The van der Waals surface area contributed by atoms with Crippen LogP contribution in [0.2, 0.25) is 0 Å². The van der Waals surface area contributed by atoms with E-state index in [1.807, 2.05) is 80.6 Å². The largest absolute Gasteiger partial charge is 0.483 e. The molecule has 0 saturated heterocycles. The van der Waals surface area contributed by atoms with Crippen molar-refractivity contribution in [3.05, 3.63) is 76.8 Å². The van der Waals surface area contributed by atoms with Crippen LogP contribution >= 0.6 is 15.9 Å². The molecular weight excluding hydrogens is 468 g/mol. The Morgan fingerprint density at radius 3 is 2.47 bits per heavy atom. The lowest BCUT2D eigenvalue weighted by Crippen LogP contribution is -2.49. The number of rotatable bonds is 9. The van der Waals surface area contributed by atoms with Crippen LogP contribution in [0.4, 0.5) is 0 Å². The molecular formula is C26H29BrN2O3. The van der Waals surface area contributed by atoms with Crippen molar-refractivity contribution in [2.75, 3.05) is 13.2 Å². The zero-order valence-electron chi connectivity index (χ0n) is 18.7. The molecule has 0 aliphatic rings. The Balaban J connectivity index is 1.77. The molecule has 6 heteroatoms. The van der Waals surface area contributed by atoms with E-state index in [-0.39, 0.29) is 18.4 Å². The number of hydrogen-bond acceptors (Lipinski definition) is 3. The summed E-state index contributed by atoms with van der Waals surface area (Å²) in [4.78, 5) is 27.6. The zero-order valence-corrected chi connectivity index (χ0v) is 20.3. The van der Waals surface area contributed by atoms with Gasteiger partial charge in [0, 0.05) is 22.9 Å². The standard InChI is InChI=1S/C26H29BrN2O3/c1-18(2)15-28-26(31)19(3)29(16-20-8-6-11-22(27)14-20)25(30)17-32-24-13-7-10-21-9-4-5-12-23(21)24/h4-14,18-19H,15-17H2,1-3H3,(H,28,31)/t19-/m0/s1. The minimum Gasteiger partial charge on any atom is -0.483 e. The van der Waals surface area contributed by atoms with Crippen molar-refractivity contribution in [2.24, 2.45) is 5.92 Å². The highest BCUT2D eigenvalue weighted by Gasteiger charge is 2.26. The van der Waals surface area contributed by atoms with E-state index in [9.17, 15) is 9.59 Å². The number of fused-ring (bicyclic) bond motifs is 1. The molecule has 0 aromatic heterocycles. The molecule has 0 spiro atoms. The number of carbonyl (C=O) groups is 2. The number of benzene rings is 3. The minimum absolute atomic E-state index is 0.149. The molecule has 0 radical (unpaired) electrons. The van der Waals surface area contributed by atoms with Gasteiger partial charge < -0.3 is 15.0 Å². The summed E-state index contributed by atoms with van der Waals surface area (Å²) in [5, 5.41) is 4.92. The second-order valence-corrected chi connectivity index (χ2v) is 9.15. The fourth-order valence-electron chi connectivity index (χ4n) is 3.41. The van der Waals surface area contributed by atoms with Gasteiger partial charge in [0.2, 0.25) is 5.91 Å². The second kappa shape index (κ2) is 11.1. The molecule has 0 aliphatic carbocycles. The molecule has 0 saturated carbocycles. The highest BCUT2D eigenvalue weighted by Crippen LogP contribution is 2.25. The van der Waals surface area contributed by atoms with Gasteiger partial charge >= 0.3 is 0 Å². The number of carbonyl (C=O) groups excluding carboxylic acids is 2. The van der Waals surface area contributed by atoms with Gasteiger partial charge in [-0.1, -0.05) is 78.3 Å². The number of hydrogen-bond donors (Lipinski definition) is 1. The Kier molecular flexibility index (Phi) is 8.28. The predicted molar refractivity (Wildman–Crippen MR) is 131 cm³/mol. The Morgan fingerprint density at radius 2 is 1.72 bits per heavy atom. The average molecular weight is 497 g/mol. The SMILES string of the molecule is CC(C)CNC(=O)[C@H](C)N(Cc1cccc(Br)c1)C(=O)COc1cccc2ccccc12. The molecule has 3 aromatic rings. The third-order valence-corrected chi connectivity index (χ3v) is 5.69. The molecule has 3 aromatic carbocycles. The molecule has 5 nitrogen and oxygen atoms in total. The monoisotopic (exact) mass is 496 g/mol. The molecule has 0 bridgehead atoms. The molecule has 0 fully saturated rings. The molecule has 0 aliphatic heterocycles. The summed E-state index contributed by atoms with van der Waals surface area (Å²) in [6.07, 6.45) is 0. The Bertz CT molecular complexity index is 1080. The quantitative estimate of drug-likeness (QED) is 0.444. The van der Waals surface area contributed by atoms with Gasteiger partial charge in [-0.2, -0.15) is 0 Å². The first-order valence-corrected chi connectivity index (χ1v) is 11.6. The number of nitrogens with one attached hydrogen (secondary N) is 1. The zero-order chi connectivity index (χ0) is 23.1. The van der Waals surface area contributed by atoms with Crippen LogP contribution in [0.15, 0.2) is 71.2 Å². The maximum Gasteiger partial charge on any atom is 0.261 e. The summed E-state index contributed by atoms with van der Waals surface area (Å²) in [6.45, 7) is 6.55.